The Balaban J connectivity index is 3.20. The minimum Gasteiger partial charge on any atom is -0.369 e. The van der Waals surface area contributed by atoms with E-state index in [4.69, 9.17) is 11.5 Å². The van der Waals surface area contributed by atoms with Crippen LogP contribution < -0.4 is 11.5 Å². The van der Waals surface area contributed by atoms with Crippen molar-refractivity contribution in [2.45, 2.75) is 13.8 Å². The number of benzene rings is 1. The number of hydrogen-bond acceptors (Lipinski definition) is 2. The maximum atomic E-state index is 13.3. The van der Waals surface area contributed by atoms with Crippen molar-refractivity contribution in [1.82, 2.24) is 0 Å². The Morgan fingerprint density at radius 1 is 1.44 bits per heavy atom. The van der Waals surface area contributed by atoms with Gasteiger partial charge in [0.05, 0.1) is 10.7 Å². The summed E-state index contributed by atoms with van der Waals surface area (Å²) in [6.07, 6.45) is 1.49. The third-order valence-corrected chi connectivity index (χ3v) is 3.04. The lowest BCUT2D eigenvalue weighted by atomic mass is 10.0. The van der Waals surface area contributed by atoms with Crippen LogP contribution in [0.1, 0.15) is 16.7 Å². The van der Waals surface area contributed by atoms with Crippen molar-refractivity contribution in [3.05, 3.63) is 33.0 Å². The fourth-order valence-electron chi connectivity index (χ4n) is 1.28. The van der Waals surface area contributed by atoms with Crippen LogP contribution >= 0.6 is 15.9 Å². The lowest BCUT2D eigenvalue weighted by molar-refractivity contribution is 0.618. The van der Waals surface area contributed by atoms with E-state index < -0.39 is 0 Å². The van der Waals surface area contributed by atoms with Gasteiger partial charge in [0, 0.05) is 5.56 Å². The Hall–Kier alpha value is -1.43. The Bertz CT molecular complexity index is 464. The van der Waals surface area contributed by atoms with Gasteiger partial charge in [-0.25, -0.2) is 4.39 Å². The van der Waals surface area contributed by atoms with Gasteiger partial charge in [0.25, 0.3) is 0 Å². The maximum Gasteiger partial charge on any atom is 0.211 e. The molecule has 6 heteroatoms. The monoisotopic (exact) mass is 286 g/mol. The van der Waals surface area contributed by atoms with Crippen LogP contribution in [0.5, 0.6) is 0 Å². The van der Waals surface area contributed by atoms with Crippen molar-refractivity contribution >= 4 is 28.1 Å². The molecule has 0 aliphatic carbocycles. The van der Waals surface area contributed by atoms with Crippen LogP contribution in [0, 0.1) is 19.7 Å². The second-order valence-corrected chi connectivity index (χ2v) is 4.09. The van der Waals surface area contributed by atoms with E-state index in [2.05, 4.69) is 26.1 Å². The maximum absolute atomic E-state index is 13.3. The van der Waals surface area contributed by atoms with Gasteiger partial charge in [-0.2, -0.15) is 5.10 Å². The van der Waals surface area contributed by atoms with Crippen LogP contribution in [0.2, 0.25) is 0 Å². The van der Waals surface area contributed by atoms with Crippen LogP contribution in [0.25, 0.3) is 0 Å². The standard InChI is InChI=1S/C10H12BrFN4/c1-5-3-8(12)9(11)6(2)7(5)4-15-16-10(13)14/h3-4H,1-2H3,(H4,13,14,16). The lowest BCUT2D eigenvalue weighted by Gasteiger charge is -2.07. The zero-order valence-corrected chi connectivity index (χ0v) is 10.5. The molecule has 1 aromatic rings. The van der Waals surface area contributed by atoms with Gasteiger partial charge in [0.2, 0.25) is 5.96 Å². The molecule has 0 atom stereocenters. The van der Waals surface area contributed by atoms with Crippen LogP contribution in [-0.2, 0) is 0 Å². The molecular weight excluding hydrogens is 275 g/mol. The van der Waals surface area contributed by atoms with Crippen LogP contribution in [0.4, 0.5) is 4.39 Å². The molecule has 0 spiro atoms. The molecule has 0 bridgehead atoms. The molecule has 1 aromatic carbocycles. The minimum atomic E-state index is -0.297. The zero-order valence-electron chi connectivity index (χ0n) is 8.96. The Kier molecular flexibility index (Phi) is 4.00. The lowest BCUT2D eigenvalue weighted by Crippen LogP contribution is -2.21. The van der Waals surface area contributed by atoms with Crippen LogP contribution in [0.3, 0.4) is 0 Å². The Morgan fingerprint density at radius 3 is 2.62 bits per heavy atom. The molecule has 4 N–H and O–H groups in total. The summed E-state index contributed by atoms with van der Waals surface area (Å²) in [5, 5.41) is 7.19. The average molecular weight is 287 g/mol. The number of hydrogen-bond donors (Lipinski definition) is 2. The molecule has 0 saturated carbocycles. The van der Waals surface area contributed by atoms with Crippen molar-refractivity contribution in [1.29, 1.82) is 0 Å². The van der Waals surface area contributed by atoms with Crippen molar-refractivity contribution in [3.63, 3.8) is 0 Å². The summed E-state index contributed by atoms with van der Waals surface area (Å²) < 4.78 is 13.7. The van der Waals surface area contributed by atoms with Gasteiger partial charge in [-0.3, -0.25) is 0 Å². The Labute approximate surface area is 101 Å². The van der Waals surface area contributed by atoms with E-state index in [0.29, 0.717) is 4.47 Å². The van der Waals surface area contributed by atoms with E-state index in [9.17, 15) is 4.39 Å². The topological polar surface area (TPSA) is 76.8 Å². The third-order valence-electron chi connectivity index (χ3n) is 2.07. The number of guanidine groups is 1. The van der Waals surface area contributed by atoms with E-state index in [-0.39, 0.29) is 11.8 Å². The van der Waals surface area contributed by atoms with Gasteiger partial charge in [-0.1, -0.05) is 0 Å². The highest BCUT2D eigenvalue weighted by Crippen LogP contribution is 2.25. The average Bonchev–Trinajstić information content (AvgIpc) is 2.19. The second kappa shape index (κ2) is 5.07. The van der Waals surface area contributed by atoms with E-state index >= 15 is 0 Å². The van der Waals surface area contributed by atoms with Crippen molar-refractivity contribution in [3.8, 4) is 0 Å². The highest BCUT2D eigenvalue weighted by Gasteiger charge is 2.09. The first kappa shape index (κ1) is 12.6. The fraction of sp³-hybridized carbons (Fsp3) is 0.200. The predicted octanol–water partition coefficient (Wildman–Crippen LogP) is 1.81. The number of nitrogens with two attached hydrogens (primary N) is 2. The van der Waals surface area contributed by atoms with E-state index in [1.807, 2.05) is 0 Å². The van der Waals surface area contributed by atoms with E-state index in [1.54, 1.807) is 13.8 Å². The molecule has 0 amide bonds. The molecule has 0 aliphatic heterocycles. The number of rotatable bonds is 2. The largest absolute Gasteiger partial charge is 0.369 e. The summed E-state index contributed by atoms with van der Waals surface area (Å²) >= 11 is 3.16. The molecule has 0 fully saturated rings. The fourth-order valence-corrected chi connectivity index (χ4v) is 1.60. The van der Waals surface area contributed by atoms with Gasteiger partial charge in [0.15, 0.2) is 0 Å². The number of nitrogens with zero attached hydrogens (tertiary/aromatic N) is 2. The SMILES string of the molecule is Cc1cc(F)c(Br)c(C)c1C=NN=C(N)N. The summed E-state index contributed by atoms with van der Waals surface area (Å²) in [7, 11) is 0. The summed E-state index contributed by atoms with van der Waals surface area (Å²) in [4.78, 5) is 0. The first-order chi connectivity index (χ1) is 7.43. The molecule has 0 unspecified atom stereocenters. The Morgan fingerprint density at radius 2 is 2.06 bits per heavy atom. The van der Waals surface area contributed by atoms with Crippen LogP contribution in [0.15, 0.2) is 20.7 Å². The molecule has 1 rings (SSSR count). The first-order valence-electron chi connectivity index (χ1n) is 4.50. The molecular formula is C10H12BrFN4. The molecule has 0 aliphatic rings. The first-order valence-corrected chi connectivity index (χ1v) is 5.30. The highest BCUT2D eigenvalue weighted by atomic mass is 79.9. The number of halogens is 2. The van der Waals surface area contributed by atoms with Gasteiger partial charge < -0.3 is 11.5 Å². The molecule has 86 valence electrons. The predicted molar refractivity (Wildman–Crippen MR) is 67.0 cm³/mol. The van der Waals surface area contributed by atoms with Gasteiger partial charge >= 0.3 is 0 Å². The molecule has 0 heterocycles. The molecule has 0 saturated heterocycles. The van der Waals surface area contributed by atoms with Crippen molar-refractivity contribution < 1.29 is 4.39 Å². The van der Waals surface area contributed by atoms with Crippen molar-refractivity contribution in [2.75, 3.05) is 0 Å². The minimum absolute atomic E-state index is 0.118. The third kappa shape index (κ3) is 2.79. The smallest absolute Gasteiger partial charge is 0.211 e. The quantitative estimate of drug-likeness (QED) is 0.494. The number of aryl methyl sites for hydroxylation is 1. The highest BCUT2D eigenvalue weighted by molar-refractivity contribution is 9.10. The van der Waals surface area contributed by atoms with Gasteiger partial charge in [-0.15, -0.1) is 5.10 Å². The van der Waals surface area contributed by atoms with Crippen LogP contribution in [-0.4, -0.2) is 12.2 Å². The van der Waals surface area contributed by atoms with Crippen molar-refractivity contribution in [2.24, 2.45) is 21.7 Å². The summed E-state index contributed by atoms with van der Waals surface area (Å²) in [5.74, 6) is -0.415. The normalized spacial score (nSPS) is 10.8. The summed E-state index contributed by atoms with van der Waals surface area (Å²) in [5.41, 5.74) is 12.6. The van der Waals surface area contributed by atoms with E-state index in [1.165, 1.54) is 12.3 Å². The zero-order chi connectivity index (χ0) is 12.3. The molecule has 16 heavy (non-hydrogen) atoms. The van der Waals surface area contributed by atoms with E-state index in [0.717, 1.165) is 16.7 Å². The summed E-state index contributed by atoms with van der Waals surface area (Å²) in [6, 6.07) is 1.42. The second-order valence-electron chi connectivity index (χ2n) is 3.30. The molecule has 0 aromatic heterocycles. The summed E-state index contributed by atoms with van der Waals surface area (Å²) in [6.45, 7) is 3.58. The molecule has 0 radical (unpaired) electrons. The van der Waals surface area contributed by atoms with Gasteiger partial charge in [-0.05, 0) is 47.0 Å². The van der Waals surface area contributed by atoms with Gasteiger partial charge in [0.1, 0.15) is 5.82 Å². The molecule has 4 nitrogen and oxygen atoms in total.